The van der Waals surface area contributed by atoms with E-state index in [2.05, 4.69) is 4.98 Å². The molecule has 0 aliphatic heterocycles. The van der Waals surface area contributed by atoms with E-state index in [4.69, 9.17) is 5.11 Å². The van der Waals surface area contributed by atoms with Gasteiger partial charge >= 0.3 is 5.97 Å². The van der Waals surface area contributed by atoms with Crippen LogP contribution in [0.3, 0.4) is 0 Å². The Labute approximate surface area is 98.9 Å². The first kappa shape index (κ1) is 11.5. The molecule has 0 radical (unpaired) electrons. The number of carboxylic acid groups (broad SMARTS) is 1. The standard InChI is InChI=1S/C11H16N2O2S/c14-11(15)6-13(10-3-1-2-4-10)5-9-7-16-8-12-9/h7-8,10H,1-6H2,(H,14,15). The predicted molar refractivity (Wildman–Crippen MR) is 62.4 cm³/mol. The molecular weight excluding hydrogens is 224 g/mol. The summed E-state index contributed by atoms with van der Waals surface area (Å²) < 4.78 is 0. The highest BCUT2D eigenvalue weighted by molar-refractivity contribution is 7.07. The zero-order valence-electron chi connectivity index (χ0n) is 9.13. The summed E-state index contributed by atoms with van der Waals surface area (Å²) in [7, 11) is 0. The molecule has 1 saturated carbocycles. The molecule has 2 rings (SSSR count). The quantitative estimate of drug-likeness (QED) is 0.855. The van der Waals surface area contributed by atoms with Crippen LogP contribution in [0.4, 0.5) is 0 Å². The second kappa shape index (κ2) is 5.41. The zero-order valence-corrected chi connectivity index (χ0v) is 9.95. The highest BCUT2D eigenvalue weighted by Gasteiger charge is 2.24. The molecule has 0 aromatic carbocycles. The number of nitrogens with zero attached hydrogens (tertiary/aromatic N) is 2. The summed E-state index contributed by atoms with van der Waals surface area (Å²) >= 11 is 1.56. The van der Waals surface area contributed by atoms with Crippen molar-refractivity contribution in [2.75, 3.05) is 6.54 Å². The Morgan fingerprint density at radius 2 is 2.31 bits per heavy atom. The van der Waals surface area contributed by atoms with Gasteiger partial charge < -0.3 is 5.11 Å². The van der Waals surface area contributed by atoms with Crippen LogP contribution >= 0.6 is 11.3 Å². The van der Waals surface area contributed by atoms with E-state index in [1.807, 2.05) is 10.3 Å². The molecule has 0 amide bonds. The van der Waals surface area contributed by atoms with E-state index in [9.17, 15) is 4.79 Å². The molecule has 1 aliphatic carbocycles. The molecule has 0 atom stereocenters. The van der Waals surface area contributed by atoms with Crippen LogP contribution < -0.4 is 0 Å². The normalized spacial score (nSPS) is 17.1. The SMILES string of the molecule is O=C(O)CN(Cc1cscn1)C1CCCC1. The molecule has 0 bridgehead atoms. The molecule has 1 aromatic rings. The molecule has 4 nitrogen and oxygen atoms in total. The van der Waals surface area contributed by atoms with E-state index in [-0.39, 0.29) is 6.54 Å². The van der Waals surface area contributed by atoms with E-state index in [0.717, 1.165) is 18.5 Å². The predicted octanol–water partition coefficient (Wildman–Crippen LogP) is 1.97. The molecule has 1 N–H and O–H groups in total. The number of aromatic nitrogens is 1. The van der Waals surface area contributed by atoms with Crippen LogP contribution in [0, 0.1) is 0 Å². The molecular formula is C11H16N2O2S. The largest absolute Gasteiger partial charge is 0.480 e. The van der Waals surface area contributed by atoms with Gasteiger partial charge in [0.15, 0.2) is 0 Å². The molecule has 16 heavy (non-hydrogen) atoms. The fraction of sp³-hybridized carbons (Fsp3) is 0.636. The lowest BCUT2D eigenvalue weighted by Crippen LogP contribution is -2.37. The van der Waals surface area contributed by atoms with Crippen LogP contribution in [0.15, 0.2) is 10.9 Å². The smallest absolute Gasteiger partial charge is 0.317 e. The first-order valence-electron chi connectivity index (χ1n) is 5.58. The number of carbonyl (C=O) groups is 1. The third-order valence-electron chi connectivity index (χ3n) is 3.03. The zero-order chi connectivity index (χ0) is 11.4. The van der Waals surface area contributed by atoms with E-state index >= 15 is 0 Å². The Morgan fingerprint density at radius 1 is 1.56 bits per heavy atom. The number of carboxylic acids is 1. The lowest BCUT2D eigenvalue weighted by Gasteiger charge is -2.26. The highest BCUT2D eigenvalue weighted by Crippen LogP contribution is 2.24. The van der Waals surface area contributed by atoms with Gasteiger partial charge in [0.05, 0.1) is 17.7 Å². The summed E-state index contributed by atoms with van der Waals surface area (Å²) in [4.78, 5) is 17.1. The van der Waals surface area contributed by atoms with Gasteiger partial charge in [0.1, 0.15) is 0 Å². The van der Waals surface area contributed by atoms with Gasteiger partial charge in [0, 0.05) is 18.0 Å². The Hall–Kier alpha value is -0.940. The minimum Gasteiger partial charge on any atom is -0.480 e. The Balaban J connectivity index is 1.98. The van der Waals surface area contributed by atoms with E-state index in [1.54, 1.807) is 16.8 Å². The van der Waals surface area contributed by atoms with Crippen LogP contribution in [0.25, 0.3) is 0 Å². The molecule has 0 spiro atoms. The van der Waals surface area contributed by atoms with Crippen molar-refractivity contribution in [3.8, 4) is 0 Å². The van der Waals surface area contributed by atoms with Gasteiger partial charge in [0.2, 0.25) is 0 Å². The number of rotatable bonds is 5. The summed E-state index contributed by atoms with van der Waals surface area (Å²) in [5.74, 6) is -0.748. The van der Waals surface area contributed by atoms with Crippen molar-refractivity contribution in [2.24, 2.45) is 0 Å². The summed E-state index contributed by atoms with van der Waals surface area (Å²) in [6, 6.07) is 0.429. The van der Waals surface area contributed by atoms with Crippen molar-refractivity contribution < 1.29 is 9.90 Å². The second-order valence-corrected chi connectivity index (χ2v) is 4.94. The fourth-order valence-electron chi connectivity index (χ4n) is 2.28. The van der Waals surface area contributed by atoms with Crippen LogP contribution in [0.1, 0.15) is 31.4 Å². The Morgan fingerprint density at radius 3 is 2.88 bits per heavy atom. The molecule has 0 saturated heterocycles. The van der Waals surface area contributed by atoms with E-state index < -0.39 is 5.97 Å². The average Bonchev–Trinajstić information content (AvgIpc) is 2.88. The van der Waals surface area contributed by atoms with Gasteiger partial charge in [-0.15, -0.1) is 11.3 Å². The van der Waals surface area contributed by atoms with Crippen LogP contribution in [0.2, 0.25) is 0 Å². The van der Waals surface area contributed by atoms with Crippen LogP contribution in [-0.4, -0.2) is 33.5 Å². The topological polar surface area (TPSA) is 53.4 Å². The Kier molecular flexibility index (Phi) is 3.90. The third-order valence-corrected chi connectivity index (χ3v) is 3.66. The Bertz CT molecular complexity index is 334. The summed E-state index contributed by atoms with van der Waals surface area (Å²) in [5.41, 5.74) is 2.78. The maximum absolute atomic E-state index is 10.8. The number of thiazole rings is 1. The lowest BCUT2D eigenvalue weighted by atomic mass is 10.2. The van der Waals surface area contributed by atoms with Gasteiger partial charge in [-0.25, -0.2) is 4.98 Å². The fourth-order valence-corrected chi connectivity index (χ4v) is 2.83. The minimum absolute atomic E-state index is 0.127. The summed E-state index contributed by atoms with van der Waals surface area (Å²) in [6.07, 6.45) is 4.69. The monoisotopic (exact) mass is 240 g/mol. The van der Waals surface area contributed by atoms with Crippen molar-refractivity contribution >= 4 is 17.3 Å². The van der Waals surface area contributed by atoms with Crippen molar-refractivity contribution in [1.82, 2.24) is 9.88 Å². The third kappa shape index (κ3) is 3.02. The number of hydrogen-bond donors (Lipinski definition) is 1. The van der Waals surface area contributed by atoms with Gasteiger partial charge in [-0.3, -0.25) is 9.69 Å². The van der Waals surface area contributed by atoms with Crippen LogP contribution in [0.5, 0.6) is 0 Å². The molecule has 1 fully saturated rings. The van der Waals surface area contributed by atoms with E-state index in [0.29, 0.717) is 12.6 Å². The maximum Gasteiger partial charge on any atom is 0.317 e. The van der Waals surface area contributed by atoms with Crippen LogP contribution in [-0.2, 0) is 11.3 Å². The summed E-state index contributed by atoms with van der Waals surface area (Å²) in [5, 5.41) is 10.9. The average molecular weight is 240 g/mol. The van der Waals surface area contributed by atoms with Gasteiger partial charge in [-0.1, -0.05) is 12.8 Å². The maximum atomic E-state index is 10.8. The lowest BCUT2D eigenvalue weighted by molar-refractivity contribution is -0.139. The van der Waals surface area contributed by atoms with Gasteiger partial charge in [0.25, 0.3) is 0 Å². The number of hydrogen-bond acceptors (Lipinski definition) is 4. The van der Waals surface area contributed by atoms with Gasteiger partial charge in [-0.05, 0) is 12.8 Å². The van der Waals surface area contributed by atoms with E-state index in [1.165, 1.54) is 12.8 Å². The minimum atomic E-state index is -0.748. The van der Waals surface area contributed by atoms with Gasteiger partial charge in [-0.2, -0.15) is 0 Å². The highest BCUT2D eigenvalue weighted by atomic mass is 32.1. The molecule has 88 valence electrons. The molecule has 0 unspecified atom stereocenters. The van der Waals surface area contributed by atoms with Crippen molar-refractivity contribution in [2.45, 2.75) is 38.3 Å². The number of aliphatic carboxylic acids is 1. The molecule has 1 aliphatic rings. The molecule has 5 heteroatoms. The summed E-state index contributed by atoms with van der Waals surface area (Å²) in [6.45, 7) is 0.794. The molecule has 1 heterocycles. The van der Waals surface area contributed by atoms with Crippen molar-refractivity contribution in [3.05, 3.63) is 16.6 Å². The first-order valence-corrected chi connectivity index (χ1v) is 6.53. The van der Waals surface area contributed by atoms with Crippen molar-refractivity contribution in [3.63, 3.8) is 0 Å². The van der Waals surface area contributed by atoms with Crippen molar-refractivity contribution in [1.29, 1.82) is 0 Å². The second-order valence-electron chi connectivity index (χ2n) is 4.22. The first-order chi connectivity index (χ1) is 7.75. The molecule has 1 aromatic heterocycles.